The average Bonchev–Trinajstić information content (AvgIpc) is 2.62. The topological polar surface area (TPSA) is 57.5 Å². The van der Waals surface area contributed by atoms with Crippen LogP contribution in [-0.4, -0.2) is 16.0 Å². The van der Waals surface area contributed by atoms with Gasteiger partial charge in [-0.3, -0.25) is 4.79 Å². The molecule has 128 valence electrons. The lowest BCUT2D eigenvalue weighted by molar-refractivity contribution is -0.113. The number of allylic oxidation sites excluding steroid dienone is 2. The van der Waals surface area contributed by atoms with E-state index in [-0.39, 0.29) is 17.3 Å². The van der Waals surface area contributed by atoms with Gasteiger partial charge in [0.1, 0.15) is 11.5 Å². The predicted octanol–water partition coefficient (Wildman–Crippen LogP) is 4.95. The fraction of sp³-hybridized carbons (Fsp3) is 0.227. The van der Waals surface area contributed by atoms with E-state index in [1.54, 1.807) is 24.3 Å². The van der Waals surface area contributed by atoms with E-state index in [0.717, 1.165) is 41.5 Å². The molecule has 3 heteroatoms. The molecule has 1 fully saturated rings. The molecule has 0 atom stereocenters. The first-order valence-corrected chi connectivity index (χ1v) is 8.59. The first kappa shape index (κ1) is 17.0. The normalized spacial score (nSPS) is 21.0. The minimum atomic E-state index is 0.0888. The number of ketones is 1. The zero-order valence-corrected chi connectivity index (χ0v) is 14.3. The summed E-state index contributed by atoms with van der Waals surface area (Å²) in [5.41, 5.74) is 3.46. The second-order valence-electron chi connectivity index (χ2n) is 6.53. The maximum atomic E-state index is 12.9. The van der Waals surface area contributed by atoms with Gasteiger partial charge in [0.05, 0.1) is 0 Å². The summed E-state index contributed by atoms with van der Waals surface area (Å²) < 4.78 is 0. The Hall–Kier alpha value is -2.81. The number of carbonyl (C=O) groups excluding carboxylic acids is 1. The molecule has 0 heterocycles. The van der Waals surface area contributed by atoms with Crippen molar-refractivity contribution in [2.24, 2.45) is 5.92 Å². The quantitative estimate of drug-likeness (QED) is 0.781. The molecule has 1 aliphatic rings. The fourth-order valence-electron chi connectivity index (χ4n) is 3.17. The highest BCUT2D eigenvalue weighted by molar-refractivity contribution is 6.14. The zero-order valence-electron chi connectivity index (χ0n) is 14.3. The predicted molar refractivity (Wildman–Crippen MR) is 100 cm³/mol. The van der Waals surface area contributed by atoms with Gasteiger partial charge in [0.25, 0.3) is 0 Å². The molecule has 0 amide bonds. The van der Waals surface area contributed by atoms with Gasteiger partial charge in [0, 0.05) is 11.1 Å². The number of carbonyl (C=O) groups is 1. The summed E-state index contributed by atoms with van der Waals surface area (Å²) in [7, 11) is 0. The number of hydrogen-bond donors (Lipinski definition) is 2. The van der Waals surface area contributed by atoms with Crippen LogP contribution in [0.1, 0.15) is 37.3 Å². The standard InChI is InChI=1S/C22H22O3/c1-2-15-11-18(13-16-3-7-20(23)8-4-16)22(25)19(12-15)14-17-5-9-21(24)10-6-17/h3-10,13-15,23-24H,2,11-12H2,1H3. The van der Waals surface area contributed by atoms with E-state index in [1.165, 1.54) is 0 Å². The average molecular weight is 334 g/mol. The number of phenolic OH excluding ortho intramolecular Hbond substituents is 2. The van der Waals surface area contributed by atoms with Crippen molar-refractivity contribution in [3.8, 4) is 11.5 Å². The second-order valence-corrected chi connectivity index (χ2v) is 6.53. The maximum absolute atomic E-state index is 12.9. The number of rotatable bonds is 3. The Kier molecular flexibility index (Phi) is 5.03. The molecular formula is C22H22O3. The van der Waals surface area contributed by atoms with Gasteiger partial charge in [-0.25, -0.2) is 0 Å². The van der Waals surface area contributed by atoms with Crippen LogP contribution in [0, 0.1) is 5.92 Å². The number of hydrogen-bond acceptors (Lipinski definition) is 3. The van der Waals surface area contributed by atoms with Crippen LogP contribution in [-0.2, 0) is 4.79 Å². The van der Waals surface area contributed by atoms with E-state index < -0.39 is 0 Å². The molecule has 0 aliphatic heterocycles. The largest absolute Gasteiger partial charge is 0.508 e. The first-order valence-electron chi connectivity index (χ1n) is 8.59. The molecule has 2 N–H and O–H groups in total. The number of benzene rings is 2. The van der Waals surface area contributed by atoms with Crippen LogP contribution in [0.5, 0.6) is 11.5 Å². The molecule has 2 aromatic carbocycles. The molecule has 0 unspecified atom stereocenters. The third-order valence-corrected chi connectivity index (χ3v) is 4.65. The van der Waals surface area contributed by atoms with Crippen molar-refractivity contribution in [2.75, 3.05) is 0 Å². The van der Waals surface area contributed by atoms with E-state index in [2.05, 4.69) is 6.92 Å². The molecule has 1 aliphatic carbocycles. The number of Topliss-reactive ketones (excluding diaryl/α,β-unsaturated/α-hetero) is 1. The molecular weight excluding hydrogens is 312 g/mol. The molecule has 2 aromatic rings. The third kappa shape index (κ3) is 4.18. The van der Waals surface area contributed by atoms with Gasteiger partial charge in [0.15, 0.2) is 5.78 Å². The lowest BCUT2D eigenvalue weighted by Gasteiger charge is -2.24. The van der Waals surface area contributed by atoms with E-state index in [4.69, 9.17) is 0 Å². The van der Waals surface area contributed by atoms with Crippen LogP contribution in [0.15, 0.2) is 59.7 Å². The van der Waals surface area contributed by atoms with Crippen molar-refractivity contribution in [3.63, 3.8) is 0 Å². The monoisotopic (exact) mass is 334 g/mol. The van der Waals surface area contributed by atoms with Crippen molar-refractivity contribution >= 4 is 17.9 Å². The summed E-state index contributed by atoms with van der Waals surface area (Å²) in [6.45, 7) is 2.15. The molecule has 0 spiro atoms. The van der Waals surface area contributed by atoms with Crippen molar-refractivity contribution in [3.05, 3.63) is 70.8 Å². The zero-order chi connectivity index (χ0) is 17.8. The minimum Gasteiger partial charge on any atom is -0.508 e. The molecule has 25 heavy (non-hydrogen) atoms. The van der Waals surface area contributed by atoms with Gasteiger partial charge in [-0.05, 0) is 66.3 Å². The molecule has 0 radical (unpaired) electrons. The Labute approximate surface area is 148 Å². The van der Waals surface area contributed by atoms with Crippen molar-refractivity contribution in [2.45, 2.75) is 26.2 Å². The lowest BCUT2D eigenvalue weighted by Crippen LogP contribution is -2.19. The Balaban J connectivity index is 1.93. The number of phenols is 2. The summed E-state index contributed by atoms with van der Waals surface area (Å²) in [5, 5.41) is 18.8. The molecule has 1 saturated carbocycles. The maximum Gasteiger partial charge on any atom is 0.185 e. The van der Waals surface area contributed by atoms with Gasteiger partial charge in [-0.15, -0.1) is 0 Å². The van der Waals surface area contributed by atoms with Gasteiger partial charge in [-0.2, -0.15) is 0 Å². The van der Waals surface area contributed by atoms with Crippen LogP contribution in [0.4, 0.5) is 0 Å². The molecule has 3 rings (SSSR count). The van der Waals surface area contributed by atoms with E-state index in [9.17, 15) is 15.0 Å². The first-order chi connectivity index (χ1) is 12.0. The SMILES string of the molecule is CCC1CC(=Cc2ccc(O)cc2)C(=O)C(=Cc2ccc(O)cc2)C1. The van der Waals surface area contributed by atoms with Gasteiger partial charge < -0.3 is 10.2 Å². The summed E-state index contributed by atoms with van der Waals surface area (Å²) in [6, 6.07) is 13.8. The highest BCUT2D eigenvalue weighted by atomic mass is 16.3. The summed E-state index contributed by atoms with van der Waals surface area (Å²) in [4.78, 5) is 12.9. The summed E-state index contributed by atoms with van der Waals surface area (Å²) in [6.07, 6.45) is 6.43. The summed E-state index contributed by atoms with van der Waals surface area (Å²) >= 11 is 0. The van der Waals surface area contributed by atoms with Gasteiger partial charge in [-0.1, -0.05) is 37.6 Å². The van der Waals surface area contributed by atoms with Crippen LogP contribution in [0.3, 0.4) is 0 Å². The smallest absolute Gasteiger partial charge is 0.185 e. The fourth-order valence-corrected chi connectivity index (χ4v) is 3.17. The second kappa shape index (κ2) is 7.39. The van der Waals surface area contributed by atoms with Crippen molar-refractivity contribution in [1.29, 1.82) is 0 Å². The Morgan fingerprint density at radius 3 is 1.60 bits per heavy atom. The minimum absolute atomic E-state index is 0.0888. The number of aromatic hydroxyl groups is 2. The third-order valence-electron chi connectivity index (χ3n) is 4.65. The molecule has 0 aromatic heterocycles. The van der Waals surface area contributed by atoms with Crippen LogP contribution in [0.2, 0.25) is 0 Å². The highest BCUT2D eigenvalue weighted by Crippen LogP contribution is 2.34. The van der Waals surface area contributed by atoms with Crippen LogP contribution < -0.4 is 0 Å². The van der Waals surface area contributed by atoms with Crippen LogP contribution >= 0.6 is 0 Å². The van der Waals surface area contributed by atoms with E-state index in [0.29, 0.717) is 5.92 Å². The van der Waals surface area contributed by atoms with E-state index in [1.807, 2.05) is 36.4 Å². The van der Waals surface area contributed by atoms with Gasteiger partial charge in [0.2, 0.25) is 0 Å². The van der Waals surface area contributed by atoms with Crippen molar-refractivity contribution in [1.82, 2.24) is 0 Å². The Morgan fingerprint density at radius 2 is 1.24 bits per heavy atom. The van der Waals surface area contributed by atoms with Crippen molar-refractivity contribution < 1.29 is 15.0 Å². The molecule has 0 saturated heterocycles. The lowest BCUT2D eigenvalue weighted by atomic mass is 9.79. The highest BCUT2D eigenvalue weighted by Gasteiger charge is 2.26. The van der Waals surface area contributed by atoms with Crippen LogP contribution in [0.25, 0.3) is 12.2 Å². The molecule has 3 nitrogen and oxygen atoms in total. The van der Waals surface area contributed by atoms with E-state index >= 15 is 0 Å². The Bertz CT molecular complexity index is 744. The van der Waals surface area contributed by atoms with Gasteiger partial charge >= 0.3 is 0 Å². The molecule has 0 bridgehead atoms. The Morgan fingerprint density at radius 1 is 0.840 bits per heavy atom. The summed E-state index contributed by atoms with van der Waals surface area (Å²) in [5.74, 6) is 0.975.